The zero-order chi connectivity index (χ0) is 18.5. The minimum Gasteiger partial charge on any atom is -0.327 e. The zero-order valence-electron chi connectivity index (χ0n) is 14.7. The minimum atomic E-state index is -0.168. The van der Waals surface area contributed by atoms with Crippen molar-refractivity contribution in [2.24, 2.45) is 0 Å². The van der Waals surface area contributed by atoms with Gasteiger partial charge in [0.2, 0.25) is 0 Å². The van der Waals surface area contributed by atoms with E-state index in [0.29, 0.717) is 18.7 Å². The van der Waals surface area contributed by atoms with Crippen LogP contribution in [0.2, 0.25) is 0 Å². The topological polar surface area (TPSA) is 89.7 Å². The molecule has 0 bridgehead atoms. The standard InChI is InChI=1S/C17H15N7OS2/c1-9-14-20-21-15(16-19-10(2)22-27-16)24(14)6-5-23(9)17(25)11-3-4-12-13(7-11)26-8-18-12/h3-4,7-9H,5-6H2,1-2H3/t9-/m1/s1. The van der Waals surface area contributed by atoms with E-state index < -0.39 is 0 Å². The van der Waals surface area contributed by atoms with Gasteiger partial charge in [-0.15, -0.1) is 21.5 Å². The van der Waals surface area contributed by atoms with Crippen molar-refractivity contribution in [3.8, 4) is 10.8 Å². The predicted molar refractivity (Wildman–Crippen MR) is 103 cm³/mol. The molecule has 10 heteroatoms. The fraction of sp³-hybridized carbons (Fsp3) is 0.294. The van der Waals surface area contributed by atoms with Gasteiger partial charge in [-0.3, -0.25) is 4.79 Å². The van der Waals surface area contributed by atoms with Gasteiger partial charge >= 0.3 is 0 Å². The van der Waals surface area contributed by atoms with Crippen molar-refractivity contribution in [2.45, 2.75) is 26.4 Å². The average Bonchev–Trinajstić information content (AvgIpc) is 3.39. The highest BCUT2D eigenvalue weighted by Gasteiger charge is 2.32. The highest BCUT2D eigenvalue weighted by atomic mass is 32.1. The molecule has 1 amide bonds. The van der Waals surface area contributed by atoms with Crippen LogP contribution in [0.25, 0.3) is 21.0 Å². The largest absolute Gasteiger partial charge is 0.327 e. The first-order chi connectivity index (χ1) is 13.1. The van der Waals surface area contributed by atoms with E-state index in [4.69, 9.17) is 0 Å². The molecule has 0 aliphatic carbocycles. The fourth-order valence-electron chi connectivity index (χ4n) is 3.36. The summed E-state index contributed by atoms with van der Waals surface area (Å²) in [6.45, 7) is 5.07. The molecule has 3 aromatic heterocycles. The molecule has 0 saturated carbocycles. The van der Waals surface area contributed by atoms with E-state index in [1.54, 1.807) is 5.51 Å². The number of benzene rings is 1. The number of aromatic nitrogens is 6. The third-order valence-electron chi connectivity index (χ3n) is 4.74. The van der Waals surface area contributed by atoms with Gasteiger partial charge in [-0.05, 0) is 43.6 Å². The first kappa shape index (κ1) is 16.5. The Bertz CT molecular complexity index is 1160. The Hall–Kier alpha value is -2.72. The number of carbonyl (C=O) groups excluding carboxylic acids is 1. The summed E-state index contributed by atoms with van der Waals surface area (Å²) >= 11 is 2.86. The molecular formula is C17H15N7OS2. The Morgan fingerprint density at radius 2 is 2.15 bits per heavy atom. The molecule has 0 unspecified atom stereocenters. The normalized spacial score (nSPS) is 16.7. The highest BCUT2D eigenvalue weighted by molar-refractivity contribution is 7.16. The van der Waals surface area contributed by atoms with Crippen LogP contribution in [0.1, 0.15) is 35.0 Å². The number of nitrogens with zero attached hydrogens (tertiary/aromatic N) is 7. The van der Waals surface area contributed by atoms with E-state index in [9.17, 15) is 4.79 Å². The summed E-state index contributed by atoms with van der Waals surface area (Å²) in [5, 5.41) is 9.41. The van der Waals surface area contributed by atoms with Gasteiger partial charge in [0.05, 0.1) is 21.8 Å². The zero-order valence-corrected chi connectivity index (χ0v) is 16.3. The maximum absolute atomic E-state index is 13.1. The summed E-state index contributed by atoms with van der Waals surface area (Å²) < 4.78 is 7.28. The smallest absolute Gasteiger partial charge is 0.254 e. The molecule has 8 nitrogen and oxygen atoms in total. The Morgan fingerprint density at radius 3 is 2.96 bits per heavy atom. The molecule has 27 heavy (non-hydrogen) atoms. The van der Waals surface area contributed by atoms with Gasteiger partial charge < -0.3 is 9.47 Å². The molecule has 5 rings (SSSR count). The first-order valence-corrected chi connectivity index (χ1v) is 10.1. The van der Waals surface area contributed by atoms with Crippen molar-refractivity contribution in [1.29, 1.82) is 0 Å². The van der Waals surface area contributed by atoms with Crippen molar-refractivity contribution in [3.63, 3.8) is 0 Å². The van der Waals surface area contributed by atoms with Crippen LogP contribution in [0.5, 0.6) is 0 Å². The molecule has 4 aromatic rings. The third kappa shape index (κ3) is 2.63. The number of amides is 1. The summed E-state index contributed by atoms with van der Waals surface area (Å²) in [7, 11) is 0. The molecule has 136 valence electrons. The molecule has 0 N–H and O–H groups in total. The first-order valence-electron chi connectivity index (χ1n) is 8.50. The SMILES string of the molecule is Cc1nsc(-c2nnc3n2CCN(C(=O)c2ccc4ncsc4c2)[C@@H]3C)n1. The Kier molecular flexibility index (Phi) is 3.76. The summed E-state index contributed by atoms with van der Waals surface area (Å²) in [5.74, 6) is 2.23. The molecule has 1 aromatic carbocycles. The summed E-state index contributed by atoms with van der Waals surface area (Å²) in [6.07, 6.45) is 0. The van der Waals surface area contributed by atoms with Crippen LogP contribution in [0.4, 0.5) is 0 Å². The number of hydrogen-bond donors (Lipinski definition) is 0. The van der Waals surface area contributed by atoms with Crippen molar-refractivity contribution in [1.82, 2.24) is 34.0 Å². The molecule has 1 aliphatic rings. The molecule has 4 heterocycles. The number of thiazole rings is 1. The van der Waals surface area contributed by atoms with Crippen LogP contribution >= 0.6 is 22.9 Å². The van der Waals surface area contributed by atoms with E-state index in [2.05, 4.69) is 24.5 Å². The van der Waals surface area contributed by atoms with Crippen LogP contribution in [0.3, 0.4) is 0 Å². The quantitative estimate of drug-likeness (QED) is 0.517. The van der Waals surface area contributed by atoms with Crippen LogP contribution in [-0.2, 0) is 6.54 Å². The summed E-state index contributed by atoms with van der Waals surface area (Å²) in [5.41, 5.74) is 3.38. The second-order valence-electron chi connectivity index (χ2n) is 6.39. The lowest BCUT2D eigenvalue weighted by atomic mass is 10.1. The molecule has 1 atom stereocenters. The molecule has 0 spiro atoms. The van der Waals surface area contributed by atoms with Crippen molar-refractivity contribution < 1.29 is 4.79 Å². The minimum absolute atomic E-state index is 0.000333. The second kappa shape index (κ2) is 6.17. The van der Waals surface area contributed by atoms with Gasteiger partial charge in [0.15, 0.2) is 16.7 Å². The number of carbonyl (C=O) groups is 1. The van der Waals surface area contributed by atoms with Gasteiger partial charge in [-0.1, -0.05) is 0 Å². The number of fused-ring (bicyclic) bond motifs is 2. The predicted octanol–water partition coefficient (Wildman–Crippen LogP) is 2.93. The highest BCUT2D eigenvalue weighted by Crippen LogP contribution is 2.30. The van der Waals surface area contributed by atoms with Crippen LogP contribution in [0, 0.1) is 6.92 Å². The fourth-order valence-corrected chi connectivity index (χ4v) is 4.74. The van der Waals surface area contributed by atoms with Crippen LogP contribution in [0.15, 0.2) is 23.7 Å². The van der Waals surface area contributed by atoms with E-state index in [0.717, 1.165) is 32.7 Å². The number of rotatable bonds is 2. The molecular weight excluding hydrogens is 382 g/mol. The maximum Gasteiger partial charge on any atom is 0.254 e. The molecule has 0 fully saturated rings. The Labute approximate surface area is 162 Å². The van der Waals surface area contributed by atoms with E-state index in [1.807, 2.05) is 41.5 Å². The van der Waals surface area contributed by atoms with Gasteiger partial charge in [0.1, 0.15) is 5.82 Å². The van der Waals surface area contributed by atoms with E-state index in [-0.39, 0.29) is 11.9 Å². The molecule has 0 radical (unpaired) electrons. The van der Waals surface area contributed by atoms with Crippen molar-refractivity contribution >= 4 is 39.0 Å². The average molecular weight is 397 g/mol. The molecule has 0 saturated heterocycles. The third-order valence-corrected chi connectivity index (χ3v) is 6.34. The van der Waals surface area contributed by atoms with E-state index >= 15 is 0 Å². The van der Waals surface area contributed by atoms with Crippen LogP contribution < -0.4 is 0 Å². The van der Waals surface area contributed by atoms with Gasteiger partial charge in [0.25, 0.3) is 5.91 Å². The lowest BCUT2D eigenvalue weighted by Crippen LogP contribution is -2.41. The van der Waals surface area contributed by atoms with Crippen LogP contribution in [-0.4, -0.2) is 46.5 Å². The Balaban J connectivity index is 1.46. The van der Waals surface area contributed by atoms with Gasteiger partial charge in [0, 0.05) is 18.7 Å². The monoisotopic (exact) mass is 397 g/mol. The summed E-state index contributed by atoms with van der Waals surface area (Å²) in [4.78, 5) is 23.6. The van der Waals surface area contributed by atoms with Crippen molar-refractivity contribution in [2.75, 3.05) is 6.54 Å². The Morgan fingerprint density at radius 1 is 1.26 bits per heavy atom. The number of hydrogen-bond acceptors (Lipinski definition) is 8. The van der Waals surface area contributed by atoms with Gasteiger partial charge in [-0.25, -0.2) is 9.97 Å². The van der Waals surface area contributed by atoms with Crippen molar-refractivity contribution in [3.05, 3.63) is 40.9 Å². The second-order valence-corrected chi connectivity index (χ2v) is 8.03. The lowest BCUT2D eigenvalue weighted by molar-refractivity contribution is 0.0638. The van der Waals surface area contributed by atoms with E-state index in [1.165, 1.54) is 22.9 Å². The molecule has 1 aliphatic heterocycles. The lowest BCUT2D eigenvalue weighted by Gasteiger charge is -2.33. The number of aryl methyl sites for hydroxylation is 1. The summed E-state index contributed by atoms with van der Waals surface area (Å²) in [6, 6.07) is 5.48. The van der Waals surface area contributed by atoms with Gasteiger partial charge in [-0.2, -0.15) is 4.37 Å². The maximum atomic E-state index is 13.1.